The highest BCUT2D eigenvalue weighted by atomic mass is 19.1. The fourth-order valence-electron chi connectivity index (χ4n) is 1.68. The molecule has 4 N–H and O–H groups in total. The van der Waals surface area contributed by atoms with Gasteiger partial charge in [-0.1, -0.05) is 18.2 Å². The van der Waals surface area contributed by atoms with Gasteiger partial charge in [0.25, 0.3) is 0 Å². The van der Waals surface area contributed by atoms with Gasteiger partial charge in [0, 0.05) is 11.4 Å². The van der Waals surface area contributed by atoms with Gasteiger partial charge in [-0.15, -0.1) is 0 Å². The molecule has 0 spiro atoms. The van der Waals surface area contributed by atoms with Crippen LogP contribution in [0.1, 0.15) is 5.56 Å². The molecule has 2 rings (SSSR count). The number of para-hydroxylation sites is 1. The minimum absolute atomic E-state index is 0.170. The second-order valence-electron chi connectivity index (χ2n) is 4.14. The number of anilines is 3. The van der Waals surface area contributed by atoms with Gasteiger partial charge in [-0.25, -0.2) is 9.18 Å². The second-order valence-corrected chi connectivity index (χ2v) is 4.14. The molecule has 0 radical (unpaired) electrons. The molecule has 0 aromatic heterocycles. The van der Waals surface area contributed by atoms with Crippen LogP contribution in [0.5, 0.6) is 0 Å². The molecular weight excluding hydrogens is 245 g/mol. The standard InChI is InChI=1S/C14H14FN3O/c1-9-4-2-7-12(15)13(9)18-14(19)17-11-6-3-5-10(16)8-11/h2-8H,16H2,1H3,(H2,17,18,19). The summed E-state index contributed by atoms with van der Waals surface area (Å²) < 4.78 is 13.6. The van der Waals surface area contributed by atoms with E-state index in [-0.39, 0.29) is 5.69 Å². The number of benzene rings is 2. The molecule has 5 heteroatoms. The Morgan fingerprint density at radius 2 is 1.89 bits per heavy atom. The summed E-state index contributed by atoms with van der Waals surface area (Å²) in [7, 11) is 0. The summed E-state index contributed by atoms with van der Waals surface area (Å²) in [5, 5.41) is 5.07. The first-order valence-corrected chi connectivity index (χ1v) is 5.75. The number of halogens is 1. The second kappa shape index (κ2) is 5.39. The van der Waals surface area contributed by atoms with E-state index in [2.05, 4.69) is 10.6 Å². The molecule has 0 aliphatic rings. The van der Waals surface area contributed by atoms with Crippen LogP contribution in [0, 0.1) is 12.7 Å². The molecule has 0 bridgehead atoms. The largest absolute Gasteiger partial charge is 0.399 e. The SMILES string of the molecule is Cc1cccc(F)c1NC(=O)Nc1cccc(N)c1. The Kier molecular flexibility index (Phi) is 3.66. The number of carbonyl (C=O) groups excluding carboxylic acids is 1. The molecule has 0 atom stereocenters. The van der Waals surface area contributed by atoms with Gasteiger partial charge in [0.1, 0.15) is 5.82 Å². The Morgan fingerprint density at radius 3 is 2.58 bits per heavy atom. The third kappa shape index (κ3) is 3.22. The summed E-state index contributed by atoms with van der Waals surface area (Å²) >= 11 is 0. The van der Waals surface area contributed by atoms with Gasteiger partial charge in [0.15, 0.2) is 0 Å². The molecule has 4 nitrogen and oxygen atoms in total. The van der Waals surface area contributed by atoms with Crippen LogP contribution in [-0.2, 0) is 0 Å². The van der Waals surface area contributed by atoms with Crippen molar-refractivity contribution in [1.29, 1.82) is 0 Å². The summed E-state index contributed by atoms with van der Waals surface area (Å²) in [6.45, 7) is 1.72. The number of aryl methyl sites for hydroxylation is 1. The molecule has 0 aliphatic heterocycles. The predicted molar refractivity (Wildman–Crippen MR) is 74.6 cm³/mol. The quantitative estimate of drug-likeness (QED) is 0.724. The average molecular weight is 259 g/mol. The van der Waals surface area contributed by atoms with Crippen LogP contribution in [-0.4, -0.2) is 6.03 Å². The number of hydrogen-bond donors (Lipinski definition) is 3. The lowest BCUT2D eigenvalue weighted by molar-refractivity contribution is 0.262. The number of rotatable bonds is 2. The van der Waals surface area contributed by atoms with Gasteiger partial charge in [0.2, 0.25) is 0 Å². The highest BCUT2D eigenvalue weighted by Crippen LogP contribution is 2.19. The normalized spacial score (nSPS) is 10.0. The summed E-state index contributed by atoms with van der Waals surface area (Å²) in [5.41, 5.74) is 7.52. The Labute approximate surface area is 110 Å². The molecule has 0 unspecified atom stereocenters. The molecule has 0 heterocycles. The molecule has 19 heavy (non-hydrogen) atoms. The maximum Gasteiger partial charge on any atom is 0.323 e. The Hall–Kier alpha value is -2.56. The zero-order chi connectivity index (χ0) is 13.8. The van der Waals surface area contributed by atoms with Crippen molar-refractivity contribution in [1.82, 2.24) is 0 Å². The number of nitrogen functional groups attached to an aromatic ring is 1. The van der Waals surface area contributed by atoms with E-state index in [1.807, 2.05) is 0 Å². The third-order valence-corrected chi connectivity index (χ3v) is 2.60. The number of carbonyl (C=O) groups is 1. The summed E-state index contributed by atoms with van der Waals surface area (Å²) in [6.07, 6.45) is 0. The molecule has 0 saturated carbocycles. The molecule has 2 aromatic rings. The van der Waals surface area contributed by atoms with Crippen LogP contribution >= 0.6 is 0 Å². The number of nitrogens with two attached hydrogens (primary N) is 1. The van der Waals surface area contributed by atoms with Crippen molar-refractivity contribution in [3.63, 3.8) is 0 Å². The van der Waals surface area contributed by atoms with Crippen LogP contribution in [0.2, 0.25) is 0 Å². The fourth-order valence-corrected chi connectivity index (χ4v) is 1.68. The van der Waals surface area contributed by atoms with Crippen molar-refractivity contribution in [2.24, 2.45) is 0 Å². The first kappa shape index (κ1) is 12.9. The zero-order valence-electron chi connectivity index (χ0n) is 10.4. The van der Waals surface area contributed by atoms with Crippen molar-refractivity contribution in [3.8, 4) is 0 Å². The highest BCUT2D eigenvalue weighted by Gasteiger charge is 2.09. The smallest absolute Gasteiger partial charge is 0.323 e. The highest BCUT2D eigenvalue weighted by molar-refractivity contribution is 6.00. The maximum atomic E-state index is 13.6. The Balaban J connectivity index is 2.10. The Bertz CT molecular complexity index is 593. The van der Waals surface area contributed by atoms with Crippen LogP contribution in [0.25, 0.3) is 0 Å². The lowest BCUT2D eigenvalue weighted by atomic mass is 10.2. The van der Waals surface area contributed by atoms with Crippen molar-refractivity contribution < 1.29 is 9.18 Å². The predicted octanol–water partition coefficient (Wildman–Crippen LogP) is 3.36. The van der Waals surface area contributed by atoms with Gasteiger partial charge >= 0.3 is 6.03 Å². The van der Waals surface area contributed by atoms with Gasteiger partial charge in [-0.3, -0.25) is 0 Å². The monoisotopic (exact) mass is 259 g/mol. The van der Waals surface area contributed by atoms with Crippen molar-refractivity contribution in [2.75, 3.05) is 16.4 Å². The van der Waals surface area contributed by atoms with Gasteiger partial charge in [0.05, 0.1) is 5.69 Å². The number of nitrogens with one attached hydrogen (secondary N) is 2. The first-order valence-electron chi connectivity index (χ1n) is 5.75. The van der Waals surface area contributed by atoms with E-state index in [1.54, 1.807) is 43.3 Å². The molecule has 2 aromatic carbocycles. The van der Waals surface area contributed by atoms with Gasteiger partial charge in [-0.2, -0.15) is 0 Å². The fraction of sp³-hybridized carbons (Fsp3) is 0.0714. The van der Waals surface area contributed by atoms with Crippen LogP contribution in [0.15, 0.2) is 42.5 Å². The van der Waals surface area contributed by atoms with Crippen LogP contribution < -0.4 is 16.4 Å². The van der Waals surface area contributed by atoms with E-state index in [1.165, 1.54) is 6.07 Å². The van der Waals surface area contributed by atoms with Crippen LogP contribution in [0.4, 0.5) is 26.2 Å². The van der Waals surface area contributed by atoms with Crippen LogP contribution in [0.3, 0.4) is 0 Å². The molecule has 0 aliphatic carbocycles. The Morgan fingerprint density at radius 1 is 1.16 bits per heavy atom. The zero-order valence-corrected chi connectivity index (χ0v) is 10.4. The maximum absolute atomic E-state index is 13.6. The van der Waals surface area contributed by atoms with Crippen molar-refractivity contribution >= 4 is 23.1 Å². The molecule has 2 amide bonds. The molecule has 98 valence electrons. The summed E-state index contributed by atoms with van der Waals surface area (Å²) in [6, 6.07) is 10.8. The third-order valence-electron chi connectivity index (χ3n) is 2.60. The molecule has 0 saturated heterocycles. The summed E-state index contributed by atoms with van der Waals surface area (Å²) in [4.78, 5) is 11.8. The average Bonchev–Trinajstić information content (AvgIpc) is 2.34. The minimum atomic E-state index is -0.515. The summed E-state index contributed by atoms with van der Waals surface area (Å²) in [5.74, 6) is -0.470. The molecule has 0 fully saturated rings. The van der Waals surface area contributed by atoms with E-state index in [0.717, 1.165) is 0 Å². The number of urea groups is 1. The lowest BCUT2D eigenvalue weighted by Crippen LogP contribution is -2.20. The van der Waals surface area contributed by atoms with E-state index in [0.29, 0.717) is 16.9 Å². The van der Waals surface area contributed by atoms with Gasteiger partial charge < -0.3 is 16.4 Å². The topological polar surface area (TPSA) is 67.2 Å². The van der Waals surface area contributed by atoms with E-state index in [4.69, 9.17) is 5.73 Å². The number of amides is 2. The minimum Gasteiger partial charge on any atom is -0.399 e. The van der Waals surface area contributed by atoms with Crippen molar-refractivity contribution in [3.05, 3.63) is 53.8 Å². The van der Waals surface area contributed by atoms with Crippen molar-refractivity contribution in [2.45, 2.75) is 6.92 Å². The van der Waals surface area contributed by atoms with E-state index in [9.17, 15) is 9.18 Å². The van der Waals surface area contributed by atoms with Gasteiger partial charge in [-0.05, 0) is 36.8 Å². The van der Waals surface area contributed by atoms with E-state index >= 15 is 0 Å². The number of hydrogen-bond acceptors (Lipinski definition) is 2. The first-order chi connectivity index (χ1) is 9.06. The molecular formula is C14H14FN3O. The lowest BCUT2D eigenvalue weighted by Gasteiger charge is -2.10. The van der Waals surface area contributed by atoms with E-state index < -0.39 is 11.8 Å².